The van der Waals surface area contributed by atoms with Gasteiger partial charge in [-0.05, 0) is 36.9 Å². The molecule has 0 atom stereocenters. The molecule has 0 aliphatic heterocycles. The predicted molar refractivity (Wildman–Crippen MR) is 94.2 cm³/mol. The second-order valence-corrected chi connectivity index (χ2v) is 5.69. The lowest BCUT2D eigenvalue weighted by molar-refractivity contribution is 0.302. The minimum Gasteiger partial charge on any atom is -0.310 e. The summed E-state index contributed by atoms with van der Waals surface area (Å²) in [5.41, 5.74) is 3.32. The fraction of sp³-hybridized carbons (Fsp3) is 0.389. The van der Waals surface area contributed by atoms with Crippen molar-refractivity contribution >= 4 is 11.6 Å². The number of halogens is 1. The van der Waals surface area contributed by atoms with E-state index in [2.05, 4.69) is 41.2 Å². The number of likely N-dealkylation sites (N-methyl/N-ethyl adjacent to an activating group) is 1. The molecule has 0 bridgehead atoms. The fourth-order valence-corrected chi connectivity index (χ4v) is 2.46. The number of nitrogens with zero attached hydrogens (tertiary/aromatic N) is 2. The molecule has 22 heavy (non-hydrogen) atoms. The van der Waals surface area contributed by atoms with E-state index >= 15 is 0 Å². The number of aromatic nitrogens is 1. The molecule has 1 aromatic heterocycles. The third kappa shape index (κ3) is 5.09. The summed E-state index contributed by atoms with van der Waals surface area (Å²) in [6.45, 7) is 9.47. The van der Waals surface area contributed by atoms with Crippen LogP contribution in [0.4, 0.5) is 0 Å². The Hall–Kier alpha value is -1.42. The van der Waals surface area contributed by atoms with Crippen LogP contribution in [0.25, 0.3) is 11.1 Å². The molecule has 0 saturated carbocycles. The summed E-state index contributed by atoms with van der Waals surface area (Å²) in [6, 6.07) is 12.0. The van der Waals surface area contributed by atoms with Gasteiger partial charge in [0.2, 0.25) is 0 Å². The molecule has 2 rings (SSSR count). The number of benzene rings is 1. The second-order valence-electron chi connectivity index (χ2n) is 5.25. The molecule has 3 nitrogen and oxygen atoms in total. The number of pyridine rings is 1. The van der Waals surface area contributed by atoms with E-state index in [-0.39, 0.29) is 0 Å². The average molecular weight is 318 g/mol. The van der Waals surface area contributed by atoms with Crippen molar-refractivity contribution in [2.24, 2.45) is 0 Å². The molecule has 0 fully saturated rings. The van der Waals surface area contributed by atoms with Crippen molar-refractivity contribution < 1.29 is 0 Å². The summed E-state index contributed by atoms with van der Waals surface area (Å²) in [7, 11) is 0. The molecule has 0 unspecified atom stereocenters. The topological polar surface area (TPSA) is 28.2 Å². The maximum Gasteiger partial charge on any atom is 0.0542 e. The van der Waals surface area contributed by atoms with Crippen molar-refractivity contribution in [3.8, 4) is 11.1 Å². The third-order valence-corrected chi connectivity index (χ3v) is 4.06. The number of nitrogens with one attached hydrogen (secondary N) is 1. The molecule has 0 spiro atoms. The largest absolute Gasteiger partial charge is 0.310 e. The van der Waals surface area contributed by atoms with Gasteiger partial charge in [-0.15, -0.1) is 0 Å². The summed E-state index contributed by atoms with van der Waals surface area (Å²) < 4.78 is 0. The van der Waals surface area contributed by atoms with Crippen molar-refractivity contribution in [1.29, 1.82) is 0 Å². The highest BCUT2D eigenvalue weighted by Crippen LogP contribution is 2.20. The number of rotatable bonds is 8. The third-order valence-electron chi connectivity index (χ3n) is 3.81. The quantitative estimate of drug-likeness (QED) is 0.750. The molecule has 0 aliphatic rings. The number of hydrogen-bond donors (Lipinski definition) is 1. The maximum absolute atomic E-state index is 5.91. The molecule has 0 saturated heterocycles. The lowest BCUT2D eigenvalue weighted by Gasteiger charge is -2.17. The van der Waals surface area contributed by atoms with Gasteiger partial charge in [0.25, 0.3) is 0 Å². The first-order chi connectivity index (χ1) is 10.7. The molecular formula is C18H24ClN3. The molecule has 2 aromatic rings. The van der Waals surface area contributed by atoms with Gasteiger partial charge >= 0.3 is 0 Å². The van der Waals surface area contributed by atoms with E-state index in [1.54, 1.807) is 0 Å². The van der Waals surface area contributed by atoms with Gasteiger partial charge in [0.15, 0.2) is 0 Å². The minimum absolute atomic E-state index is 0.755. The van der Waals surface area contributed by atoms with Gasteiger partial charge in [-0.2, -0.15) is 0 Å². The fourth-order valence-electron chi connectivity index (χ4n) is 2.34. The van der Waals surface area contributed by atoms with Crippen molar-refractivity contribution in [3.05, 3.63) is 53.3 Å². The molecule has 0 aliphatic carbocycles. The van der Waals surface area contributed by atoms with Crippen LogP contribution in [0.3, 0.4) is 0 Å². The molecule has 1 N–H and O–H groups in total. The predicted octanol–water partition coefficient (Wildman–Crippen LogP) is 3.83. The summed E-state index contributed by atoms with van der Waals surface area (Å²) in [4.78, 5) is 6.93. The molecular weight excluding hydrogens is 294 g/mol. The zero-order valence-electron chi connectivity index (χ0n) is 13.3. The van der Waals surface area contributed by atoms with E-state index < -0.39 is 0 Å². The first kappa shape index (κ1) is 16.9. The van der Waals surface area contributed by atoms with Crippen molar-refractivity contribution in [1.82, 2.24) is 15.2 Å². The van der Waals surface area contributed by atoms with E-state index in [1.807, 2.05) is 30.5 Å². The van der Waals surface area contributed by atoms with E-state index in [0.29, 0.717) is 0 Å². The van der Waals surface area contributed by atoms with Crippen molar-refractivity contribution in [2.75, 3.05) is 26.2 Å². The van der Waals surface area contributed by atoms with Crippen LogP contribution in [-0.4, -0.2) is 36.1 Å². The van der Waals surface area contributed by atoms with Crippen LogP contribution >= 0.6 is 11.6 Å². The Bertz CT molecular complexity index is 548. The summed E-state index contributed by atoms with van der Waals surface area (Å²) in [6.07, 6.45) is 1.92. The van der Waals surface area contributed by atoms with Gasteiger partial charge in [-0.1, -0.05) is 43.6 Å². The van der Waals surface area contributed by atoms with Crippen LogP contribution in [0.15, 0.2) is 42.6 Å². The van der Waals surface area contributed by atoms with Crippen LogP contribution < -0.4 is 5.32 Å². The van der Waals surface area contributed by atoms with Gasteiger partial charge in [-0.3, -0.25) is 4.98 Å². The Morgan fingerprint density at radius 1 is 1.00 bits per heavy atom. The summed E-state index contributed by atoms with van der Waals surface area (Å²) >= 11 is 5.91. The molecule has 118 valence electrons. The molecule has 1 heterocycles. The highest BCUT2D eigenvalue weighted by Gasteiger charge is 2.01. The molecule has 1 aromatic carbocycles. The average Bonchev–Trinajstić information content (AvgIpc) is 2.56. The minimum atomic E-state index is 0.755. The van der Waals surface area contributed by atoms with Gasteiger partial charge in [0.05, 0.1) is 5.69 Å². The first-order valence-corrected chi connectivity index (χ1v) is 8.24. The normalized spacial score (nSPS) is 11.1. The highest BCUT2D eigenvalue weighted by atomic mass is 35.5. The zero-order valence-corrected chi connectivity index (χ0v) is 14.1. The van der Waals surface area contributed by atoms with Crippen LogP contribution in [0.1, 0.15) is 19.5 Å². The van der Waals surface area contributed by atoms with Crippen LogP contribution in [0.2, 0.25) is 5.02 Å². The van der Waals surface area contributed by atoms with E-state index in [1.165, 1.54) is 0 Å². The Balaban J connectivity index is 1.83. The monoisotopic (exact) mass is 317 g/mol. The van der Waals surface area contributed by atoms with E-state index in [0.717, 1.165) is 54.6 Å². The molecule has 0 amide bonds. The number of hydrogen-bond acceptors (Lipinski definition) is 3. The van der Waals surface area contributed by atoms with E-state index in [9.17, 15) is 0 Å². The van der Waals surface area contributed by atoms with Gasteiger partial charge in [-0.25, -0.2) is 0 Å². The first-order valence-electron chi connectivity index (χ1n) is 7.87. The van der Waals surface area contributed by atoms with Crippen LogP contribution in [0.5, 0.6) is 0 Å². The summed E-state index contributed by atoms with van der Waals surface area (Å²) in [5.74, 6) is 0. The van der Waals surface area contributed by atoms with Crippen molar-refractivity contribution in [2.45, 2.75) is 20.4 Å². The van der Waals surface area contributed by atoms with Gasteiger partial charge in [0.1, 0.15) is 0 Å². The van der Waals surface area contributed by atoms with Crippen LogP contribution in [0, 0.1) is 0 Å². The highest BCUT2D eigenvalue weighted by molar-refractivity contribution is 6.30. The standard InChI is InChI=1S/C18H24ClN3/c1-3-22(4-2)12-11-20-14-18-10-7-16(13-21-18)15-5-8-17(19)9-6-15/h5-10,13,20H,3-4,11-12,14H2,1-2H3. The Morgan fingerprint density at radius 2 is 1.68 bits per heavy atom. The van der Waals surface area contributed by atoms with Crippen molar-refractivity contribution in [3.63, 3.8) is 0 Å². The lowest BCUT2D eigenvalue weighted by atomic mass is 10.1. The Labute approximate surface area is 138 Å². The summed E-state index contributed by atoms with van der Waals surface area (Å²) in [5, 5.41) is 4.20. The van der Waals surface area contributed by atoms with Gasteiger partial charge < -0.3 is 10.2 Å². The zero-order chi connectivity index (χ0) is 15.8. The Morgan fingerprint density at radius 3 is 2.27 bits per heavy atom. The lowest BCUT2D eigenvalue weighted by Crippen LogP contribution is -2.31. The molecule has 0 radical (unpaired) electrons. The smallest absolute Gasteiger partial charge is 0.0542 e. The second kappa shape index (κ2) is 8.89. The van der Waals surface area contributed by atoms with Crippen LogP contribution in [-0.2, 0) is 6.54 Å². The maximum atomic E-state index is 5.91. The SMILES string of the molecule is CCN(CC)CCNCc1ccc(-c2ccc(Cl)cc2)cn1. The molecule has 4 heteroatoms. The van der Waals surface area contributed by atoms with E-state index in [4.69, 9.17) is 11.6 Å². The Kier molecular flexibility index (Phi) is 6.84. The van der Waals surface area contributed by atoms with Gasteiger partial charge in [0, 0.05) is 36.4 Å².